The average Bonchev–Trinajstić information content (AvgIpc) is 3.30. The van der Waals surface area contributed by atoms with Gasteiger partial charge in [0.05, 0.1) is 13.2 Å². The zero-order valence-corrected chi connectivity index (χ0v) is 18.4. The molecule has 6 heteroatoms. The molecule has 2 aromatic rings. The van der Waals surface area contributed by atoms with E-state index in [1.807, 2.05) is 29.2 Å². The largest absolute Gasteiger partial charge is 0.497 e. The molecular weight excluding hydrogens is 430 g/mol. The number of urea groups is 1. The Morgan fingerprint density at radius 3 is 2.79 bits per heavy atom. The van der Waals surface area contributed by atoms with Gasteiger partial charge in [0.15, 0.2) is 0 Å². The molecule has 2 aromatic carbocycles. The molecule has 4 rings (SSSR count). The van der Waals surface area contributed by atoms with Gasteiger partial charge in [0, 0.05) is 30.7 Å². The number of amides is 2. The molecule has 2 aliphatic heterocycles. The number of halogens is 1. The highest BCUT2D eigenvalue weighted by Crippen LogP contribution is 2.28. The molecule has 2 saturated heterocycles. The highest BCUT2D eigenvalue weighted by Gasteiger charge is 2.32. The molecule has 0 aliphatic carbocycles. The molecule has 2 fully saturated rings. The van der Waals surface area contributed by atoms with E-state index in [0.29, 0.717) is 12.5 Å². The summed E-state index contributed by atoms with van der Waals surface area (Å²) in [6.07, 6.45) is 2.24. The van der Waals surface area contributed by atoms with Gasteiger partial charge in [-0.15, -0.1) is 0 Å². The first-order chi connectivity index (χ1) is 14.1. The summed E-state index contributed by atoms with van der Waals surface area (Å²) in [5, 5.41) is 3.16. The number of nitrogens with zero attached hydrogens (tertiary/aromatic N) is 2. The van der Waals surface area contributed by atoms with Gasteiger partial charge in [0.2, 0.25) is 0 Å². The molecule has 0 spiro atoms. The Labute approximate surface area is 181 Å². The fourth-order valence-electron chi connectivity index (χ4n) is 4.41. The fourth-order valence-corrected chi connectivity index (χ4v) is 4.82. The van der Waals surface area contributed by atoms with Crippen molar-refractivity contribution in [2.45, 2.75) is 25.4 Å². The Hall–Kier alpha value is -2.05. The number of rotatable bonds is 7. The van der Waals surface area contributed by atoms with Gasteiger partial charge in [-0.25, -0.2) is 4.79 Å². The van der Waals surface area contributed by atoms with E-state index in [1.54, 1.807) is 7.11 Å². The predicted octanol–water partition coefficient (Wildman–Crippen LogP) is 3.92. The van der Waals surface area contributed by atoms with Crippen LogP contribution in [-0.4, -0.2) is 55.2 Å². The zero-order valence-electron chi connectivity index (χ0n) is 16.8. The number of nitrogens with one attached hydrogen (secondary N) is 1. The normalized spacial score (nSPS) is 22.1. The maximum absolute atomic E-state index is 12.3. The van der Waals surface area contributed by atoms with Gasteiger partial charge in [-0.3, -0.25) is 0 Å². The summed E-state index contributed by atoms with van der Waals surface area (Å²) in [6, 6.07) is 16.6. The Balaban J connectivity index is 1.28. The molecule has 29 heavy (non-hydrogen) atoms. The predicted molar refractivity (Wildman–Crippen MR) is 118 cm³/mol. The number of methoxy groups -OCH3 is 1. The Morgan fingerprint density at radius 2 is 2.00 bits per heavy atom. The van der Waals surface area contributed by atoms with Gasteiger partial charge in [0.1, 0.15) is 5.75 Å². The topological polar surface area (TPSA) is 44.8 Å². The zero-order chi connectivity index (χ0) is 20.2. The van der Waals surface area contributed by atoms with Crippen molar-refractivity contribution >= 4 is 22.0 Å². The molecule has 2 unspecified atom stereocenters. The van der Waals surface area contributed by atoms with Gasteiger partial charge < -0.3 is 19.9 Å². The molecule has 2 atom stereocenters. The number of carbonyl (C=O) groups excluding carboxylic acids is 1. The van der Waals surface area contributed by atoms with Crippen LogP contribution in [0.3, 0.4) is 0 Å². The van der Waals surface area contributed by atoms with Crippen molar-refractivity contribution in [1.29, 1.82) is 0 Å². The van der Waals surface area contributed by atoms with Crippen LogP contribution >= 0.6 is 15.9 Å². The minimum atomic E-state index is 0.0508. The van der Waals surface area contributed by atoms with E-state index in [1.165, 1.54) is 17.5 Å². The van der Waals surface area contributed by atoms with E-state index in [9.17, 15) is 4.79 Å². The van der Waals surface area contributed by atoms with Crippen LogP contribution in [0.4, 0.5) is 4.79 Å². The maximum atomic E-state index is 12.3. The smallest absolute Gasteiger partial charge is 0.318 e. The average molecular weight is 458 g/mol. The summed E-state index contributed by atoms with van der Waals surface area (Å²) in [5.74, 6) is 1.54. The van der Waals surface area contributed by atoms with Crippen LogP contribution in [0, 0.1) is 5.92 Å². The third-order valence-electron chi connectivity index (χ3n) is 5.88. The van der Waals surface area contributed by atoms with Crippen LogP contribution in [0.25, 0.3) is 0 Å². The first-order valence-electron chi connectivity index (χ1n) is 10.2. The number of ether oxygens (including phenoxy) is 1. The number of carbonyl (C=O) groups is 1. The lowest BCUT2D eigenvalue weighted by molar-refractivity contribution is 0.215. The molecular formula is C23H28BrN3O2. The van der Waals surface area contributed by atoms with Gasteiger partial charge in [-0.2, -0.15) is 0 Å². The minimum absolute atomic E-state index is 0.0508. The SMILES string of the molecule is COc1ccc(Br)c(CC2CCN(CC3CN(Cc4ccccc4)C(=O)N3)C2)c1. The Morgan fingerprint density at radius 1 is 1.17 bits per heavy atom. The van der Waals surface area contributed by atoms with Crippen molar-refractivity contribution in [3.8, 4) is 5.75 Å². The van der Waals surface area contributed by atoms with Gasteiger partial charge in [-0.1, -0.05) is 46.3 Å². The monoisotopic (exact) mass is 457 g/mol. The minimum Gasteiger partial charge on any atom is -0.497 e. The summed E-state index contributed by atoms with van der Waals surface area (Å²) in [6.45, 7) is 4.55. The van der Waals surface area contributed by atoms with E-state index in [4.69, 9.17) is 4.74 Å². The lowest BCUT2D eigenvalue weighted by Crippen LogP contribution is -2.38. The second-order valence-electron chi connectivity index (χ2n) is 8.09. The molecule has 1 N–H and O–H groups in total. The molecule has 2 heterocycles. The molecule has 154 valence electrons. The quantitative estimate of drug-likeness (QED) is 0.685. The van der Waals surface area contributed by atoms with Crippen LogP contribution in [0.5, 0.6) is 5.75 Å². The van der Waals surface area contributed by atoms with Crippen LogP contribution in [-0.2, 0) is 13.0 Å². The van der Waals surface area contributed by atoms with Gasteiger partial charge in [0.25, 0.3) is 0 Å². The molecule has 0 aromatic heterocycles. The molecule has 0 bridgehead atoms. The highest BCUT2D eigenvalue weighted by molar-refractivity contribution is 9.10. The van der Waals surface area contributed by atoms with E-state index in [2.05, 4.69) is 50.4 Å². The van der Waals surface area contributed by atoms with Crippen LogP contribution in [0.2, 0.25) is 0 Å². The molecule has 0 radical (unpaired) electrons. The lowest BCUT2D eigenvalue weighted by atomic mass is 9.98. The molecule has 5 nitrogen and oxygen atoms in total. The second-order valence-corrected chi connectivity index (χ2v) is 8.94. The standard InChI is InChI=1S/C23H28BrN3O2/c1-29-21-7-8-22(24)19(12-21)11-18-9-10-26(13-18)15-20-16-27(23(28)25-20)14-17-5-3-2-4-6-17/h2-8,12,18,20H,9-11,13-16H2,1H3,(H,25,28). The van der Waals surface area contributed by atoms with E-state index < -0.39 is 0 Å². The van der Waals surface area contributed by atoms with Crippen LogP contribution in [0.1, 0.15) is 17.5 Å². The number of likely N-dealkylation sites (tertiary alicyclic amines) is 1. The van der Waals surface area contributed by atoms with Crippen LogP contribution in [0.15, 0.2) is 53.0 Å². The number of hydrogen-bond acceptors (Lipinski definition) is 3. The fraction of sp³-hybridized carbons (Fsp3) is 0.435. The third-order valence-corrected chi connectivity index (χ3v) is 6.66. The van der Waals surface area contributed by atoms with Crippen molar-refractivity contribution in [3.05, 3.63) is 64.1 Å². The van der Waals surface area contributed by atoms with E-state index >= 15 is 0 Å². The van der Waals surface area contributed by atoms with Crippen molar-refractivity contribution < 1.29 is 9.53 Å². The lowest BCUT2D eigenvalue weighted by Gasteiger charge is -2.20. The van der Waals surface area contributed by atoms with Crippen molar-refractivity contribution in [3.63, 3.8) is 0 Å². The maximum Gasteiger partial charge on any atom is 0.318 e. The summed E-state index contributed by atoms with van der Waals surface area (Å²) in [4.78, 5) is 16.8. The summed E-state index contributed by atoms with van der Waals surface area (Å²) < 4.78 is 6.52. The second kappa shape index (κ2) is 9.18. The van der Waals surface area contributed by atoms with Crippen molar-refractivity contribution in [2.75, 3.05) is 33.3 Å². The van der Waals surface area contributed by atoms with Crippen LogP contribution < -0.4 is 10.1 Å². The molecule has 2 amide bonds. The highest BCUT2D eigenvalue weighted by atomic mass is 79.9. The Bertz CT molecular complexity index is 845. The number of benzene rings is 2. The van der Waals surface area contributed by atoms with Crippen molar-refractivity contribution in [2.24, 2.45) is 5.92 Å². The number of hydrogen-bond donors (Lipinski definition) is 1. The van der Waals surface area contributed by atoms with Gasteiger partial charge in [-0.05, 0) is 54.6 Å². The van der Waals surface area contributed by atoms with Crippen molar-refractivity contribution in [1.82, 2.24) is 15.1 Å². The first kappa shape index (κ1) is 20.2. The van der Waals surface area contributed by atoms with Gasteiger partial charge >= 0.3 is 6.03 Å². The van der Waals surface area contributed by atoms with E-state index in [-0.39, 0.29) is 12.1 Å². The Kier molecular flexibility index (Phi) is 6.40. The summed E-state index contributed by atoms with van der Waals surface area (Å²) in [7, 11) is 1.71. The first-order valence-corrected chi connectivity index (χ1v) is 11.0. The summed E-state index contributed by atoms with van der Waals surface area (Å²) in [5.41, 5.74) is 2.48. The summed E-state index contributed by atoms with van der Waals surface area (Å²) >= 11 is 3.67. The van der Waals surface area contributed by atoms with E-state index in [0.717, 1.165) is 42.8 Å². The third kappa shape index (κ3) is 5.11. The molecule has 0 saturated carbocycles. The molecule has 2 aliphatic rings.